The first kappa shape index (κ1) is 16.8. The molecule has 1 fully saturated rings. The van der Waals surface area contributed by atoms with Gasteiger partial charge in [-0.05, 0) is 57.8 Å². The normalized spacial score (nSPS) is 18.0. The van der Waals surface area contributed by atoms with Gasteiger partial charge in [-0.25, -0.2) is 0 Å². The van der Waals surface area contributed by atoms with E-state index in [4.69, 9.17) is 4.74 Å². The lowest BCUT2D eigenvalue weighted by Gasteiger charge is -2.34. The monoisotopic (exact) mass is 304 g/mol. The van der Waals surface area contributed by atoms with E-state index in [0.717, 1.165) is 24.8 Å². The fraction of sp³-hybridized carbons (Fsp3) is 0.611. The number of carbonyl (C=O) groups is 1. The zero-order valence-electron chi connectivity index (χ0n) is 14.0. The van der Waals surface area contributed by atoms with Crippen molar-refractivity contribution in [1.82, 2.24) is 10.2 Å². The van der Waals surface area contributed by atoms with Crippen LogP contribution in [0.5, 0.6) is 5.75 Å². The number of carbonyl (C=O) groups excluding carboxylic acids is 1. The second-order valence-electron chi connectivity index (χ2n) is 6.47. The van der Waals surface area contributed by atoms with E-state index in [1.54, 1.807) is 0 Å². The minimum absolute atomic E-state index is 0.0576. The molecule has 122 valence electrons. The summed E-state index contributed by atoms with van der Waals surface area (Å²) in [6.07, 6.45) is 2.52. The zero-order valence-corrected chi connectivity index (χ0v) is 14.0. The largest absolute Gasteiger partial charge is 0.484 e. The fourth-order valence-corrected chi connectivity index (χ4v) is 2.69. The number of benzene rings is 1. The molecule has 1 N–H and O–H groups in total. The van der Waals surface area contributed by atoms with Gasteiger partial charge in [-0.2, -0.15) is 0 Å². The molecule has 0 bridgehead atoms. The molecule has 1 heterocycles. The van der Waals surface area contributed by atoms with Gasteiger partial charge in [-0.15, -0.1) is 0 Å². The number of aryl methyl sites for hydroxylation is 1. The molecule has 0 radical (unpaired) electrons. The van der Waals surface area contributed by atoms with Crippen molar-refractivity contribution in [2.45, 2.75) is 39.7 Å². The van der Waals surface area contributed by atoms with Crippen LogP contribution in [0.15, 0.2) is 24.3 Å². The molecule has 0 aliphatic carbocycles. The van der Waals surface area contributed by atoms with Crippen molar-refractivity contribution >= 4 is 5.91 Å². The molecule has 1 aromatic rings. The first-order valence-corrected chi connectivity index (χ1v) is 8.25. The molecule has 1 aromatic carbocycles. The predicted octanol–water partition coefficient (Wildman–Crippen LogP) is 2.61. The lowest BCUT2D eigenvalue weighted by atomic mass is 9.98. The van der Waals surface area contributed by atoms with Crippen LogP contribution in [0.4, 0.5) is 0 Å². The van der Waals surface area contributed by atoms with Gasteiger partial charge in [-0.1, -0.05) is 24.6 Å². The fourth-order valence-electron chi connectivity index (χ4n) is 2.69. The Labute approximate surface area is 133 Å². The number of amides is 1. The van der Waals surface area contributed by atoms with Crippen LogP contribution in [-0.4, -0.2) is 43.1 Å². The molecule has 0 saturated carbocycles. The highest BCUT2D eigenvalue weighted by molar-refractivity contribution is 5.77. The van der Waals surface area contributed by atoms with E-state index in [-0.39, 0.29) is 12.5 Å². The topological polar surface area (TPSA) is 41.6 Å². The number of nitrogens with zero attached hydrogens (tertiary/aromatic N) is 1. The van der Waals surface area contributed by atoms with Crippen molar-refractivity contribution < 1.29 is 9.53 Å². The van der Waals surface area contributed by atoms with E-state index in [1.807, 2.05) is 31.2 Å². The third kappa shape index (κ3) is 5.34. The van der Waals surface area contributed by atoms with Crippen LogP contribution in [-0.2, 0) is 4.79 Å². The van der Waals surface area contributed by atoms with Gasteiger partial charge in [0, 0.05) is 12.6 Å². The van der Waals surface area contributed by atoms with Crippen LogP contribution in [0.1, 0.15) is 32.3 Å². The molecule has 22 heavy (non-hydrogen) atoms. The van der Waals surface area contributed by atoms with Gasteiger partial charge in [0.05, 0.1) is 0 Å². The molecule has 1 aliphatic rings. The number of hydrogen-bond acceptors (Lipinski definition) is 3. The van der Waals surface area contributed by atoms with Crippen molar-refractivity contribution in [2.75, 3.05) is 26.2 Å². The summed E-state index contributed by atoms with van der Waals surface area (Å²) in [5.74, 6) is 1.51. The molecule has 1 unspecified atom stereocenters. The predicted molar refractivity (Wildman–Crippen MR) is 89.1 cm³/mol. The molecule has 0 aromatic heterocycles. The highest BCUT2D eigenvalue weighted by Crippen LogP contribution is 2.17. The van der Waals surface area contributed by atoms with E-state index in [0.29, 0.717) is 12.6 Å². The Balaban J connectivity index is 1.65. The molecule has 0 spiro atoms. The molecule has 1 aliphatic heterocycles. The number of ether oxygens (including phenoxy) is 1. The third-order valence-electron chi connectivity index (χ3n) is 4.43. The molecular formula is C18H28N2O2. The third-order valence-corrected chi connectivity index (χ3v) is 4.43. The highest BCUT2D eigenvalue weighted by Gasteiger charge is 2.20. The Morgan fingerprint density at radius 2 is 1.95 bits per heavy atom. The Bertz CT molecular complexity index is 464. The van der Waals surface area contributed by atoms with Gasteiger partial charge in [0.1, 0.15) is 5.75 Å². The number of likely N-dealkylation sites (tertiary alicyclic amines) is 1. The van der Waals surface area contributed by atoms with Crippen LogP contribution in [0.25, 0.3) is 0 Å². The molecule has 4 heteroatoms. The van der Waals surface area contributed by atoms with Crippen LogP contribution >= 0.6 is 0 Å². The maximum absolute atomic E-state index is 11.9. The number of piperidine rings is 1. The molecular weight excluding hydrogens is 276 g/mol. The standard InChI is InChI=1S/C18H28N2O2/c1-14-4-6-17(7-5-14)22-13-18(21)19-12-16(3)20-10-8-15(2)9-11-20/h4-7,15-16H,8-13H2,1-3H3,(H,19,21). The van der Waals surface area contributed by atoms with E-state index >= 15 is 0 Å². The maximum Gasteiger partial charge on any atom is 0.257 e. The maximum atomic E-state index is 11.9. The van der Waals surface area contributed by atoms with Crippen molar-refractivity contribution in [1.29, 1.82) is 0 Å². The summed E-state index contributed by atoms with van der Waals surface area (Å²) < 4.78 is 5.49. The van der Waals surface area contributed by atoms with Crippen molar-refractivity contribution in [2.24, 2.45) is 5.92 Å². The lowest BCUT2D eigenvalue weighted by molar-refractivity contribution is -0.123. The van der Waals surface area contributed by atoms with Crippen molar-refractivity contribution in [3.8, 4) is 5.75 Å². The Morgan fingerprint density at radius 3 is 2.59 bits per heavy atom. The van der Waals surface area contributed by atoms with Gasteiger partial charge in [-0.3, -0.25) is 9.69 Å². The summed E-state index contributed by atoms with van der Waals surface area (Å²) in [5, 5.41) is 2.97. The highest BCUT2D eigenvalue weighted by atomic mass is 16.5. The molecule has 4 nitrogen and oxygen atoms in total. The minimum Gasteiger partial charge on any atom is -0.484 e. The number of hydrogen-bond donors (Lipinski definition) is 1. The van der Waals surface area contributed by atoms with E-state index in [1.165, 1.54) is 18.4 Å². The number of nitrogens with one attached hydrogen (secondary N) is 1. The summed E-state index contributed by atoms with van der Waals surface area (Å²) in [7, 11) is 0. The lowest BCUT2D eigenvalue weighted by Crippen LogP contribution is -2.46. The minimum atomic E-state index is -0.0576. The van der Waals surface area contributed by atoms with Crippen molar-refractivity contribution in [3.63, 3.8) is 0 Å². The first-order valence-electron chi connectivity index (χ1n) is 8.25. The van der Waals surface area contributed by atoms with Gasteiger partial charge in [0.2, 0.25) is 0 Å². The van der Waals surface area contributed by atoms with Crippen LogP contribution in [0, 0.1) is 12.8 Å². The quantitative estimate of drug-likeness (QED) is 0.878. The summed E-state index contributed by atoms with van der Waals surface area (Å²) in [6, 6.07) is 8.12. The van der Waals surface area contributed by atoms with E-state index < -0.39 is 0 Å². The molecule has 1 atom stereocenters. The van der Waals surface area contributed by atoms with Crippen LogP contribution in [0.2, 0.25) is 0 Å². The Kier molecular flexibility index (Phi) is 6.25. The average molecular weight is 304 g/mol. The summed E-state index contributed by atoms with van der Waals surface area (Å²) in [4.78, 5) is 14.3. The Morgan fingerprint density at radius 1 is 1.32 bits per heavy atom. The second-order valence-corrected chi connectivity index (χ2v) is 6.47. The van der Waals surface area contributed by atoms with Crippen LogP contribution < -0.4 is 10.1 Å². The van der Waals surface area contributed by atoms with Gasteiger partial charge in [0.25, 0.3) is 5.91 Å². The average Bonchev–Trinajstić information content (AvgIpc) is 2.52. The van der Waals surface area contributed by atoms with Gasteiger partial charge < -0.3 is 10.1 Å². The Hall–Kier alpha value is -1.55. The molecule has 1 amide bonds. The van der Waals surface area contributed by atoms with Gasteiger partial charge >= 0.3 is 0 Å². The smallest absolute Gasteiger partial charge is 0.257 e. The molecule has 2 rings (SSSR count). The SMILES string of the molecule is Cc1ccc(OCC(=O)NCC(C)N2CCC(C)CC2)cc1. The van der Waals surface area contributed by atoms with Crippen LogP contribution in [0.3, 0.4) is 0 Å². The number of rotatable bonds is 6. The molecule has 1 saturated heterocycles. The summed E-state index contributed by atoms with van der Waals surface area (Å²) in [6.45, 7) is 9.55. The van der Waals surface area contributed by atoms with Crippen molar-refractivity contribution in [3.05, 3.63) is 29.8 Å². The van der Waals surface area contributed by atoms with Gasteiger partial charge in [0.15, 0.2) is 6.61 Å². The van der Waals surface area contributed by atoms with E-state index in [2.05, 4.69) is 24.1 Å². The summed E-state index contributed by atoms with van der Waals surface area (Å²) in [5.41, 5.74) is 1.18. The van der Waals surface area contributed by atoms with E-state index in [9.17, 15) is 4.79 Å². The zero-order chi connectivity index (χ0) is 15.9. The second kappa shape index (κ2) is 8.18. The first-order chi connectivity index (χ1) is 10.5. The summed E-state index contributed by atoms with van der Waals surface area (Å²) >= 11 is 0.